The molecule has 2 aromatic carbocycles. The van der Waals surface area contributed by atoms with Crippen LogP contribution in [0.4, 0.5) is 5.69 Å². The van der Waals surface area contributed by atoms with Gasteiger partial charge in [-0.15, -0.1) is 0 Å². The number of aryl methyl sites for hydroxylation is 2. The SMILES string of the molecule is Cc1ccc(NC(=O)[C@@H]2[C@H]3NC(=S)N[C@@]2(C)Oc2ccc(Br)cc23)c(C)c1. The van der Waals surface area contributed by atoms with Crippen LogP contribution in [-0.2, 0) is 4.79 Å². The Kier molecular flexibility index (Phi) is 4.39. The topological polar surface area (TPSA) is 62.4 Å². The van der Waals surface area contributed by atoms with E-state index in [1.54, 1.807) is 0 Å². The van der Waals surface area contributed by atoms with Gasteiger partial charge in [-0.2, -0.15) is 0 Å². The average molecular weight is 446 g/mol. The number of hydrogen-bond acceptors (Lipinski definition) is 3. The fourth-order valence-electron chi connectivity index (χ4n) is 3.88. The summed E-state index contributed by atoms with van der Waals surface area (Å²) in [5, 5.41) is 9.94. The molecule has 2 aliphatic heterocycles. The molecule has 0 radical (unpaired) electrons. The van der Waals surface area contributed by atoms with Crippen LogP contribution in [0.1, 0.15) is 29.7 Å². The highest BCUT2D eigenvalue weighted by Gasteiger charge is 2.54. The van der Waals surface area contributed by atoms with Crippen LogP contribution in [0.2, 0.25) is 0 Å². The molecule has 140 valence electrons. The molecule has 27 heavy (non-hydrogen) atoms. The molecule has 3 N–H and O–H groups in total. The van der Waals surface area contributed by atoms with Crippen molar-refractivity contribution in [3.8, 4) is 5.75 Å². The Morgan fingerprint density at radius 2 is 2.04 bits per heavy atom. The molecule has 1 saturated heterocycles. The van der Waals surface area contributed by atoms with E-state index in [2.05, 4.69) is 31.9 Å². The zero-order valence-corrected chi connectivity index (χ0v) is 17.6. The summed E-state index contributed by atoms with van der Waals surface area (Å²) in [5.74, 6) is 0.109. The van der Waals surface area contributed by atoms with E-state index in [0.717, 1.165) is 32.6 Å². The largest absolute Gasteiger partial charge is 0.467 e. The van der Waals surface area contributed by atoms with Crippen LogP contribution in [0.25, 0.3) is 0 Å². The van der Waals surface area contributed by atoms with Gasteiger partial charge in [0, 0.05) is 15.7 Å². The lowest BCUT2D eigenvalue weighted by Crippen LogP contribution is -2.70. The third-order valence-corrected chi connectivity index (χ3v) is 5.84. The number of carbonyl (C=O) groups is 1. The summed E-state index contributed by atoms with van der Waals surface area (Å²) < 4.78 is 7.14. The first kappa shape index (κ1) is 18.3. The van der Waals surface area contributed by atoms with Gasteiger partial charge in [0.2, 0.25) is 5.91 Å². The maximum absolute atomic E-state index is 13.3. The molecule has 5 nitrogen and oxygen atoms in total. The van der Waals surface area contributed by atoms with Crippen molar-refractivity contribution < 1.29 is 9.53 Å². The van der Waals surface area contributed by atoms with Gasteiger partial charge in [-0.05, 0) is 62.8 Å². The minimum absolute atomic E-state index is 0.123. The molecule has 0 saturated carbocycles. The van der Waals surface area contributed by atoms with Crippen LogP contribution >= 0.6 is 28.1 Å². The summed E-state index contributed by atoms with van der Waals surface area (Å²) in [4.78, 5) is 13.3. The van der Waals surface area contributed by atoms with Crippen molar-refractivity contribution in [3.05, 3.63) is 57.6 Å². The molecule has 3 atom stereocenters. The molecule has 2 heterocycles. The molecular weight excluding hydrogens is 426 g/mol. The fraction of sp³-hybridized carbons (Fsp3) is 0.300. The molecule has 0 aliphatic carbocycles. The predicted octanol–water partition coefficient (Wildman–Crippen LogP) is 3.95. The third-order valence-electron chi connectivity index (χ3n) is 5.13. The number of carbonyl (C=O) groups excluding carboxylic acids is 1. The van der Waals surface area contributed by atoms with Crippen molar-refractivity contribution in [1.82, 2.24) is 10.6 Å². The quantitative estimate of drug-likeness (QED) is 0.610. The lowest BCUT2D eigenvalue weighted by Gasteiger charge is -2.50. The molecule has 2 bridgehead atoms. The summed E-state index contributed by atoms with van der Waals surface area (Å²) >= 11 is 8.86. The van der Waals surface area contributed by atoms with Gasteiger partial charge >= 0.3 is 0 Å². The Hall–Kier alpha value is -2.12. The number of thiocarbonyl (C=S) groups is 1. The summed E-state index contributed by atoms with van der Waals surface area (Å²) in [6.45, 7) is 5.88. The molecular formula is C20H20BrN3O2S. The minimum Gasteiger partial charge on any atom is -0.467 e. The number of ether oxygens (including phenoxy) is 1. The van der Waals surface area contributed by atoms with Gasteiger partial charge in [-0.1, -0.05) is 33.6 Å². The van der Waals surface area contributed by atoms with E-state index in [1.165, 1.54) is 0 Å². The van der Waals surface area contributed by atoms with Gasteiger partial charge in [0.05, 0.1) is 6.04 Å². The van der Waals surface area contributed by atoms with E-state index in [1.807, 2.05) is 57.2 Å². The molecule has 1 amide bonds. The Bertz CT molecular complexity index is 964. The second kappa shape index (κ2) is 6.49. The van der Waals surface area contributed by atoms with Crippen LogP contribution in [-0.4, -0.2) is 16.7 Å². The highest BCUT2D eigenvalue weighted by Crippen LogP contribution is 2.46. The molecule has 2 aliphatic rings. The Morgan fingerprint density at radius 1 is 1.26 bits per heavy atom. The van der Waals surface area contributed by atoms with Crippen LogP contribution < -0.4 is 20.7 Å². The van der Waals surface area contributed by atoms with Crippen LogP contribution in [0, 0.1) is 19.8 Å². The number of halogens is 1. The molecule has 0 spiro atoms. The van der Waals surface area contributed by atoms with Gasteiger partial charge in [0.15, 0.2) is 10.8 Å². The highest BCUT2D eigenvalue weighted by atomic mass is 79.9. The van der Waals surface area contributed by atoms with E-state index >= 15 is 0 Å². The van der Waals surface area contributed by atoms with E-state index in [4.69, 9.17) is 17.0 Å². The monoisotopic (exact) mass is 445 g/mol. The predicted molar refractivity (Wildman–Crippen MR) is 113 cm³/mol. The summed E-state index contributed by atoms with van der Waals surface area (Å²) in [6, 6.07) is 11.5. The maximum atomic E-state index is 13.3. The number of nitrogens with one attached hydrogen (secondary N) is 3. The number of rotatable bonds is 2. The Morgan fingerprint density at radius 3 is 2.78 bits per heavy atom. The standard InChI is InChI=1S/C20H20BrN3O2S/c1-10-4-6-14(11(2)8-10)22-18(25)16-17-13-9-12(21)5-7-15(13)26-20(16,3)24-19(27)23-17/h4-9,16-17H,1-3H3,(H,22,25)(H2,23,24,27)/t16-,17-,20-/m0/s1. The van der Waals surface area contributed by atoms with Gasteiger partial charge in [-0.3, -0.25) is 4.79 Å². The molecule has 1 fully saturated rings. The fourth-order valence-corrected chi connectivity index (χ4v) is 4.59. The Balaban J connectivity index is 1.73. The molecule has 0 aromatic heterocycles. The van der Waals surface area contributed by atoms with Crippen molar-refractivity contribution in [2.45, 2.75) is 32.5 Å². The summed E-state index contributed by atoms with van der Waals surface area (Å²) in [5.41, 5.74) is 2.95. The number of hydrogen-bond donors (Lipinski definition) is 3. The number of fused-ring (bicyclic) bond motifs is 4. The lowest BCUT2D eigenvalue weighted by atomic mass is 9.80. The molecule has 4 rings (SSSR count). The number of anilines is 1. The highest BCUT2D eigenvalue weighted by molar-refractivity contribution is 9.10. The van der Waals surface area contributed by atoms with Crippen molar-refractivity contribution in [2.24, 2.45) is 5.92 Å². The molecule has 0 unspecified atom stereocenters. The van der Waals surface area contributed by atoms with Crippen LogP contribution in [0.3, 0.4) is 0 Å². The van der Waals surface area contributed by atoms with E-state index in [9.17, 15) is 4.79 Å². The second-order valence-electron chi connectivity index (χ2n) is 7.25. The van der Waals surface area contributed by atoms with E-state index in [-0.39, 0.29) is 11.9 Å². The summed E-state index contributed by atoms with van der Waals surface area (Å²) in [6.07, 6.45) is 0. The minimum atomic E-state index is -0.934. The maximum Gasteiger partial charge on any atom is 0.236 e. The van der Waals surface area contributed by atoms with E-state index < -0.39 is 11.6 Å². The van der Waals surface area contributed by atoms with Gasteiger partial charge < -0.3 is 20.7 Å². The average Bonchev–Trinajstić information content (AvgIpc) is 2.57. The zero-order chi connectivity index (χ0) is 19.3. The second-order valence-corrected chi connectivity index (χ2v) is 8.58. The number of benzene rings is 2. The summed E-state index contributed by atoms with van der Waals surface area (Å²) in [7, 11) is 0. The van der Waals surface area contributed by atoms with Gasteiger partial charge in [0.25, 0.3) is 0 Å². The van der Waals surface area contributed by atoms with Crippen molar-refractivity contribution in [1.29, 1.82) is 0 Å². The van der Waals surface area contributed by atoms with Crippen LogP contribution in [0.5, 0.6) is 5.75 Å². The van der Waals surface area contributed by atoms with Crippen LogP contribution in [0.15, 0.2) is 40.9 Å². The lowest BCUT2D eigenvalue weighted by molar-refractivity contribution is -0.132. The zero-order valence-electron chi connectivity index (χ0n) is 15.2. The van der Waals surface area contributed by atoms with Crippen molar-refractivity contribution in [3.63, 3.8) is 0 Å². The first-order chi connectivity index (χ1) is 12.8. The van der Waals surface area contributed by atoms with Gasteiger partial charge in [-0.25, -0.2) is 0 Å². The Labute approximate surface area is 172 Å². The van der Waals surface area contributed by atoms with Gasteiger partial charge in [0.1, 0.15) is 11.7 Å². The molecule has 2 aromatic rings. The van der Waals surface area contributed by atoms with E-state index in [0.29, 0.717) is 5.11 Å². The first-order valence-corrected chi connectivity index (χ1v) is 9.92. The smallest absolute Gasteiger partial charge is 0.236 e. The van der Waals surface area contributed by atoms with Crippen molar-refractivity contribution in [2.75, 3.05) is 5.32 Å². The molecule has 7 heteroatoms. The van der Waals surface area contributed by atoms with Crippen molar-refractivity contribution >= 4 is 44.9 Å². The number of amides is 1. The normalized spacial score (nSPS) is 25.6. The first-order valence-electron chi connectivity index (χ1n) is 8.72. The third kappa shape index (κ3) is 3.19.